The average molecular weight is 326 g/mol. The molecule has 2 aromatic rings. The van der Waals surface area contributed by atoms with E-state index < -0.39 is 0 Å². The van der Waals surface area contributed by atoms with Gasteiger partial charge in [0.2, 0.25) is 5.78 Å². The topological polar surface area (TPSA) is 80.9 Å². The number of benzene rings is 1. The van der Waals surface area contributed by atoms with E-state index in [1.807, 2.05) is 13.2 Å². The van der Waals surface area contributed by atoms with Gasteiger partial charge in [0, 0.05) is 24.1 Å². The number of aryl methyl sites for hydroxylation is 1. The predicted octanol–water partition coefficient (Wildman–Crippen LogP) is 2.53. The van der Waals surface area contributed by atoms with E-state index in [-0.39, 0.29) is 16.9 Å². The summed E-state index contributed by atoms with van der Waals surface area (Å²) >= 11 is 7.55. The molecular formula is C14H16ClN3O2S. The number of halogens is 1. The van der Waals surface area contributed by atoms with E-state index in [1.165, 1.54) is 22.6 Å². The van der Waals surface area contributed by atoms with Crippen LogP contribution in [0.3, 0.4) is 0 Å². The molecule has 0 fully saturated rings. The van der Waals surface area contributed by atoms with E-state index in [0.29, 0.717) is 34.1 Å². The zero-order chi connectivity index (χ0) is 15.6. The Kier molecular flexibility index (Phi) is 4.80. The molecule has 0 radical (unpaired) electrons. The van der Waals surface area contributed by atoms with Crippen molar-refractivity contribution in [2.75, 3.05) is 12.0 Å². The van der Waals surface area contributed by atoms with E-state index in [4.69, 9.17) is 17.3 Å². The van der Waals surface area contributed by atoms with Gasteiger partial charge in [-0.25, -0.2) is 0 Å². The number of rotatable bonds is 5. The molecular weight excluding hydrogens is 310 g/mol. The lowest BCUT2D eigenvalue weighted by molar-refractivity contribution is 0.103. The number of hydrogen-bond donors (Lipinski definition) is 2. The third-order valence-electron chi connectivity index (χ3n) is 3.24. The molecule has 21 heavy (non-hydrogen) atoms. The van der Waals surface area contributed by atoms with Crippen LogP contribution in [0, 0.1) is 0 Å². The number of anilines is 1. The number of H-pyrrole nitrogens is 1. The fraction of sp³-hybridized carbons (Fsp3) is 0.286. The summed E-state index contributed by atoms with van der Waals surface area (Å²) in [7, 11) is 0. The van der Waals surface area contributed by atoms with Crippen molar-refractivity contribution < 1.29 is 4.79 Å². The maximum absolute atomic E-state index is 12.6. The van der Waals surface area contributed by atoms with Crippen molar-refractivity contribution >= 4 is 34.8 Å². The van der Waals surface area contributed by atoms with E-state index in [9.17, 15) is 9.59 Å². The van der Waals surface area contributed by atoms with Gasteiger partial charge in [0.25, 0.3) is 5.56 Å². The number of carbonyl (C=O) groups is 1. The molecule has 0 unspecified atom stereocenters. The molecule has 7 heteroatoms. The molecule has 0 aliphatic heterocycles. The second-order valence-corrected chi connectivity index (χ2v) is 5.76. The highest BCUT2D eigenvalue weighted by Gasteiger charge is 2.21. The van der Waals surface area contributed by atoms with Crippen LogP contribution in [-0.2, 0) is 12.3 Å². The lowest BCUT2D eigenvalue weighted by Crippen LogP contribution is -2.21. The van der Waals surface area contributed by atoms with Crippen molar-refractivity contribution in [3.05, 3.63) is 50.4 Å². The Balaban J connectivity index is 2.55. The van der Waals surface area contributed by atoms with Crippen molar-refractivity contribution in [3.8, 4) is 0 Å². The maximum Gasteiger partial charge on any atom is 0.277 e. The van der Waals surface area contributed by atoms with Crippen molar-refractivity contribution in [1.29, 1.82) is 0 Å². The molecule has 2 rings (SSSR count). The molecule has 0 amide bonds. The number of thioether (sulfide) groups is 1. The number of aromatic nitrogens is 2. The standard InChI is InChI=1S/C14H16ClN3O2S/c1-3-18-14(20)9(6-17-18)13(19)8-4-5-11(15)12(16)10(8)7-21-2/h4-6,17H,3,7,16H2,1-2H3. The van der Waals surface area contributed by atoms with Crippen LogP contribution in [0.5, 0.6) is 0 Å². The number of nitrogens with one attached hydrogen (secondary N) is 1. The van der Waals surface area contributed by atoms with Crippen LogP contribution >= 0.6 is 23.4 Å². The van der Waals surface area contributed by atoms with Crippen molar-refractivity contribution in [1.82, 2.24) is 9.78 Å². The third kappa shape index (κ3) is 2.87. The minimum absolute atomic E-state index is 0.112. The lowest BCUT2D eigenvalue weighted by atomic mass is 9.99. The SMILES string of the molecule is CCn1[nH]cc(C(=O)c2ccc(Cl)c(N)c2CSC)c1=O. The molecule has 1 aromatic carbocycles. The van der Waals surface area contributed by atoms with Gasteiger partial charge in [0.05, 0.1) is 10.7 Å². The van der Waals surface area contributed by atoms with Crippen LogP contribution in [0.25, 0.3) is 0 Å². The first-order valence-electron chi connectivity index (χ1n) is 6.39. The average Bonchev–Trinajstić information content (AvgIpc) is 2.84. The van der Waals surface area contributed by atoms with Gasteiger partial charge >= 0.3 is 0 Å². The molecule has 0 aliphatic rings. The summed E-state index contributed by atoms with van der Waals surface area (Å²) in [6, 6.07) is 3.20. The number of aromatic amines is 1. The van der Waals surface area contributed by atoms with Gasteiger partial charge in [0.1, 0.15) is 5.56 Å². The van der Waals surface area contributed by atoms with Crippen LogP contribution in [0.15, 0.2) is 23.1 Å². The summed E-state index contributed by atoms with van der Waals surface area (Å²) in [5.41, 5.74) is 7.23. The Labute approximate surface area is 131 Å². The Bertz CT molecular complexity index is 736. The summed E-state index contributed by atoms with van der Waals surface area (Å²) in [4.78, 5) is 24.7. The summed E-state index contributed by atoms with van der Waals surface area (Å²) in [6.07, 6.45) is 3.34. The minimum atomic E-state index is -0.337. The largest absolute Gasteiger partial charge is 0.397 e. The Morgan fingerprint density at radius 2 is 2.14 bits per heavy atom. The lowest BCUT2D eigenvalue weighted by Gasteiger charge is -2.11. The second-order valence-electron chi connectivity index (χ2n) is 4.49. The summed E-state index contributed by atoms with van der Waals surface area (Å²) in [6.45, 7) is 2.30. The predicted molar refractivity (Wildman–Crippen MR) is 87.2 cm³/mol. The summed E-state index contributed by atoms with van der Waals surface area (Å²) in [5, 5.41) is 3.19. The van der Waals surface area contributed by atoms with E-state index in [1.54, 1.807) is 12.1 Å². The molecule has 0 saturated heterocycles. The smallest absolute Gasteiger partial charge is 0.277 e. The van der Waals surface area contributed by atoms with Crippen LogP contribution in [0.4, 0.5) is 5.69 Å². The number of hydrogen-bond acceptors (Lipinski definition) is 4. The van der Waals surface area contributed by atoms with Crippen molar-refractivity contribution in [2.24, 2.45) is 0 Å². The van der Waals surface area contributed by atoms with Crippen LogP contribution < -0.4 is 11.3 Å². The Morgan fingerprint density at radius 3 is 2.71 bits per heavy atom. The van der Waals surface area contributed by atoms with E-state index >= 15 is 0 Å². The van der Waals surface area contributed by atoms with Gasteiger partial charge in [0.15, 0.2) is 0 Å². The molecule has 0 saturated carbocycles. The molecule has 0 bridgehead atoms. The molecule has 1 aromatic heterocycles. The number of ketones is 1. The molecule has 0 spiro atoms. The number of nitrogen functional groups attached to an aromatic ring is 1. The fourth-order valence-electron chi connectivity index (χ4n) is 2.10. The summed E-state index contributed by atoms with van der Waals surface area (Å²) < 4.78 is 1.38. The Hall–Kier alpha value is -1.66. The molecule has 1 heterocycles. The first-order chi connectivity index (χ1) is 10.0. The van der Waals surface area contributed by atoms with Gasteiger partial charge in [-0.2, -0.15) is 11.8 Å². The van der Waals surface area contributed by atoms with Crippen LogP contribution in [0.1, 0.15) is 28.4 Å². The first kappa shape index (κ1) is 15.7. The number of nitrogens with zero attached hydrogens (tertiary/aromatic N) is 1. The molecule has 112 valence electrons. The maximum atomic E-state index is 12.6. The monoisotopic (exact) mass is 325 g/mol. The zero-order valence-corrected chi connectivity index (χ0v) is 13.3. The highest BCUT2D eigenvalue weighted by atomic mass is 35.5. The minimum Gasteiger partial charge on any atom is -0.397 e. The second kappa shape index (κ2) is 6.41. The molecule has 3 N–H and O–H groups in total. The highest BCUT2D eigenvalue weighted by Crippen LogP contribution is 2.29. The first-order valence-corrected chi connectivity index (χ1v) is 8.17. The molecule has 0 aliphatic carbocycles. The molecule has 0 atom stereocenters. The number of carbonyl (C=O) groups excluding carboxylic acids is 1. The van der Waals surface area contributed by atoms with Crippen molar-refractivity contribution in [3.63, 3.8) is 0 Å². The molecule has 5 nitrogen and oxygen atoms in total. The number of nitrogens with two attached hydrogens (primary N) is 1. The van der Waals surface area contributed by atoms with Gasteiger partial charge in [-0.05, 0) is 30.9 Å². The van der Waals surface area contributed by atoms with Gasteiger partial charge in [-0.15, -0.1) is 0 Å². The van der Waals surface area contributed by atoms with Gasteiger partial charge in [-0.3, -0.25) is 14.3 Å². The van der Waals surface area contributed by atoms with Crippen LogP contribution in [0.2, 0.25) is 5.02 Å². The Morgan fingerprint density at radius 1 is 1.43 bits per heavy atom. The van der Waals surface area contributed by atoms with Gasteiger partial charge < -0.3 is 10.8 Å². The highest BCUT2D eigenvalue weighted by molar-refractivity contribution is 7.97. The van der Waals surface area contributed by atoms with Gasteiger partial charge in [-0.1, -0.05) is 11.6 Å². The quantitative estimate of drug-likeness (QED) is 0.654. The van der Waals surface area contributed by atoms with Crippen LogP contribution in [-0.4, -0.2) is 21.8 Å². The third-order valence-corrected chi connectivity index (χ3v) is 4.15. The van der Waals surface area contributed by atoms with E-state index in [2.05, 4.69) is 5.10 Å². The fourth-order valence-corrected chi connectivity index (χ4v) is 2.88. The normalized spacial score (nSPS) is 10.8. The zero-order valence-electron chi connectivity index (χ0n) is 11.8. The van der Waals surface area contributed by atoms with E-state index in [0.717, 1.165) is 0 Å². The van der Waals surface area contributed by atoms with Crippen molar-refractivity contribution in [2.45, 2.75) is 19.2 Å². The summed E-state index contributed by atoms with van der Waals surface area (Å²) in [5.74, 6) is 0.218.